The van der Waals surface area contributed by atoms with Gasteiger partial charge in [-0.05, 0) is 70.0 Å². The molecule has 0 aliphatic heterocycles. The maximum absolute atomic E-state index is 13.6. The molecule has 9 nitrogen and oxygen atoms in total. The number of para-hydroxylation sites is 2. The van der Waals surface area contributed by atoms with Crippen LogP contribution >= 0.6 is 15.9 Å². The minimum atomic E-state index is -1.18. The molecule has 3 aromatic rings. The molecule has 2 aromatic carbocycles. The molecule has 10 heteroatoms. The number of H-pyrrole nitrogens is 1. The topological polar surface area (TPSA) is 126 Å². The van der Waals surface area contributed by atoms with Gasteiger partial charge in [-0.25, -0.2) is 4.98 Å². The minimum Gasteiger partial charge on any atom is -0.468 e. The number of aromatic nitrogens is 2. The van der Waals surface area contributed by atoms with Gasteiger partial charge in [0, 0.05) is 22.1 Å². The van der Waals surface area contributed by atoms with Gasteiger partial charge >= 0.3 is 5.97 Å². The van der Waals surface area contributed by atoms with Gasteiger partial charge in [0.05, 0.1) is 18.1 Å². The van der Waals surface area contributed by atoms with Crippen molar-refractivity contribution in [3.8, 4) is 0 Å². The van der Waals surface area contributed by atoms with E-state index in [1.165, 1.54) is 7.11 Å². The molecule has 0 aliphatic rings. The average molecular weight is 556 g/mol. The maximum atomic E-state index is 13.6. The number of benzene rings is 2. The summed E-state index contributed by atoms with van der Waals surface area (Å²) in [6.07, 6.45) is -0.177. The van der Waals surface area contributed by atoms with Crippen LogP contribution in [0.1, 0.15) is 37.6 Å². The van der Waals surface area contributed by atoms with Crippen molar-refractivity contribution in [2.45, 2.75) is 46.6 Å². The maximum Gasteiger partial charge on any atom is 0.315 e. The van der Waals surface area contributed by atoms with Gasteiger partial charge in [-0.15, -0.1) is 0 Å². The fourth-order valence-electron chi connectivity index (χ4n) is 3.63. The molecule has 1 heterocycles. The average Bonchev–Trinajstić information content (AvgIpc) is 2.79. The Morgan fingerprint density at radius 2 is 1.81 bits per heavy atom. The number of hydrogen-bond acceptors (Lipinski definition) is 7. The predicted octanol–water partition coefficient (Wildman–Crippen LogP) is 4.02. The van der Waals surface area contributed by atoms with Crippen LogP contribution in [0.4, 0.5) is 5.69 Å². The zero-order valence-corrected chi connectivity index (χ0v) is 22.7. The second kappa shape index (κ2) is 11.0. The highest BCUT2D eigenvalue weighted by molar-refractivity contribution is 9.10. The molecule has 0 spiro atoms. The van der Waals surface area contributed by atoms with Crippen molar-refractivity contribution in [3.63, 3.8) is 0 Å². The van der Waals surface area contributed by atoms with Gasteiger partial charge in [0.1, 0.15) is 17.3 Å². The molecular formula is C26H30BrN5O4. The van der Waals surface area contributed by atoms with Crippen LogP contribution in [0.2, 0.25) is 0 Å². The number of halogens is 1. The highest BCUT2D eigenvalue weighted by Gasteiger charge is 2.33. The first-order valence-corrected chi connectivity index (χ1v) is 12.2. The molecule has 0 bridgehead atoms. The van der Waals surface area contributed by atoms with E-state index in [1.807, 2.05) is 46.8 Å². The molecule has 3 rings (SSSR count). The Bertz CT molecular complexity index is 1370. The van der Waals surface area contributed by atoms with E-state index in [9.17, 15) is 14.4 Å². The molecule has 0 aliphatic carbocycles. The number of anilines is 1. The number of carbonyl (C=O) groups excluding carboxylic acids is 2. The number of nitrogens with zero attached hydrogens (tertiary/aromatic N) is 2. The predicted molar refractivity (Wildman–Crippen MR) is 144 cm³/mol. The van der Waals surface area contributed by atoms with Crippen LogP contribution in [0.15, 0.2) is 50.8 Å². The van der Waals surface area contributed by atoms with Gasteiger partial charge in [-0.2, -0.15) is 5.10 Å². The summed E-state index contributed by atoms with van der Waals surface area (Å²) in [5.41, 5.74) is 5.36. The Hall–Kier alpha value is -3.53. The normalized spacial score (nSPS) is 12.8. The molecule has 0 saturated heterocycles. The number of ether oxygens (including phenoxy) is 1. The SMILES string of the molecule is COC(=O)C(Cc1nc2ccccc2[nH]c1=O)/C(=N/NC(C)(C)C)C(=O)Nc1c(C)cc(Br)cc1C. The number of aromatic amines is 1. The molecule has 3 N–H and O–H groups in total. The standard InChI is InChI=1S/C26H30BrN5O4/c1-14-11-16(27)12-15(2)21(14)30-24(34)22(31-32-26(3,4)5)17(25(35)36-6)13-20-23(33)29-19-10-8-7-9-18(19)28-20/h7-12,17,32H,13H2,1-6H3,(H,29,33)(H,30,34)/b31-22-. The number of hydrazone groups is 1. The Morgan fingerprint density at radius 3 is 2.42 bits per heavy atom. The van der Waals surface area contributed by atoms with Gasteiger partial charge in [0.25, 0.3) is 11.5 Å². The first kappa shape index (κ1) is 27.1. The lowest BCUT2D eigenvalue weighted by Crippen LogP contribution is -2.41. The number of aryl methyl sites for hydroxylation is 2. The lowest BCUT2D eigenvalue weighted by molar-refractivity contribution is -0.143. The number of fused-ring (bicyclic) bond motifs is 1. The van der Waals surface area contributed by atoms with Gasteiger partial charge in [-0.1, -0.05) is 28.1 Å². The highest BCUT2D eigenvalue weighted by Crippen LogP contribution is 2.25. The van der Waals surface area contributed by atoms with Crippen molar-refractivity contribution in [2.75, 3.05) is 12.4 Å². The Kier molecular flexibility index (Phi) is 8.29. The van der Waals surface area contributed by atoms with Gasteiger partial charge in [-0.3, -0.25) is 14.4 Å². The van der Waals surface area contributed by atoms with E-state index in [1.54, 1.807) is 24.3 Å². The van der Waals surface area contributed by atoms with Gasteiger partial charge < -0.3 is 20.5 Å². The van der Waals surface area contributed by atoms with E-state index in [-0.39, 0.29) is 17.8 Å². The number of amides is 1. The number of rotatable bonds is 7. The highest BCUT2D eigenvalue weighted by atomic mass is 79.9. The smallest absolute Gasteiger partial charge is 0.315 e. The first-order chi connectivity index (χ1) is 16.9. The molecular weight excluding hydrogens is 526 g/mol. The van der Waals surface area contributed by atoms with E-state index in [0.29, 0.717) is 16.7 Å². The second-order valence-corrected chi connectivity index (χ2v) is 10.5. The van der Waals surface area contributed by atoms with Crippen LogP contribution in [0.5, 0.6) is 0 Å². The fourth-order valence-corrected chi connectivity index (χ4v) is 4.32. The van der Waals surface area contributed by atoms with Crippen molar-refractivity contribution in [1.82, 2.24) is 15.4 Å². The molecule has 0 radical (unpaired) electrons. The molecule has 0 saturated carbocycles. The van der Waals surface area contributed by atoms with Crippen LogP contribution in [-0.4, -0.2) is 40.2 Å². The number of hydrogen-bond donors (Lipinski definition) is 3. The van der Waals surface area contributed by atoms with E-state index >= 15 is 0 Å². The van der Waals surface area contributed by atoms with E-state index in [4.69, 9.17) is 4.74 Å². The van der Waals surface area contributed by atoms with Gasteiger partial charge in [0.15, 0.2) is 0 Å². The van der Waals surface area contributed by atoms with Crippen molar-refractivity contribution in [1.29, 1.82) is 0 Å². The quantitative estimate of drug-likeness (QED) is 0.229. The largest absolute Gasteiger partial charge is 0.468 e. The summed E-state index contributed by atoms with van der Waals surface area (Å²) in [4.78, 5) is 46.5. The number of esters is 1. The van der Waals surface area contributed by atoms with E-state index in [2.05, 4.69) is 41.7 Å². The Morgan fingerprint density at radius 1 is 1.17 bits per heavy atom. The fraction of sp³-hybridized carbons (Fsp3) is 0.346. The van der Waals surface area contributed by atoms with E-state index < -0.39 is 28.9 Å². The Labute approximate surface area is 217 Å². The molecule has 1 aromatic heterocycles. The molecule has 1 unspecified atom stereocenters. The van der Waals surface area contributed by atoms with Crippen LogP contribution in [0, 0.1) is 19.8 Å². The third kappa shape index (κ3) is 6.57. The third-order valence-corrected chi connectivity index (χ3v) is 5.82. The lowest BCUT2D eigenvalue weighted by atomic mass is 9.96. The first-order valence-electron chi connectivity index (χ1n) is 11.4. The zero-order valence-electron chi connectivity index (χ0n) is 21.2. The monoisotopic (exact) mass is 555 g/mol. The van der Waals surface area contributed by atoms with Crippen molar-refractivity contribution in [3.05, 3.63) is 68.0 Å². The van der Waals surface area contributed by atoms with Crippen LogP contribution < -0.4 is 16.3 Å². The van der Waals surface area contributed by atoms with Crippen molar-refractivity contribution < 1.29 is 14.3 Å². The zero-order chi connectivity index (χ0) is 26.6. The molecule has 36 heavy (non-hydrogen) atoms. The van der Waals surface area contributed by atoms with E-state index in [0.717, 1.165) is 15.6 Å². The van der Waals surface area contributed by atoms with Crippen LogP contribution in [0.3, 0.4) is 0 Å². The Balaban J connectivity index is 2.07. The van der Waals surface area contributed by atoms with Crippen molar-refractivity contribution >= 4 is 50.2 Å². The lowest BCUT2D eigenvalue weighted by Gasteiger charge is -2.22. The summed E-state index contributed by atoms with van der Waals surface area (Å²) < 4.78 is 5.90. The molecule has 0 fully saturated rings. The van der Waals surface area contributed by atoms with Crippen LogP contribution in [-0.2, 0) is 20.7 Å². The summed E-state index contributed by atoms with van der Waals surface area (Å²) in [6.45, 7) is 9.36. The number of carbonyl (C=O) groups is 2. The summed E-state index contributed by atoms with van der Waals surface area (Å²) in [5.74, 6) is -2.48. The second-order valence-electron chi connectivity index (χ2n) is 9.54. The number of nitrogens with one attached hydrogen (secondary N) is 3. The van der Waals surface area contributed by atoms with Crippen LogP contribution in [0.25, 0.3) is 11.0 Å². The van der Waals surface area contributed by atoms with Crippen molar-refractivity contribution in [2.24, 2.45) is 11.0 Å². The number of methoxy groups -OCH3 is 1. The molecule has 190 valence electrons. The minimum absolute atomic E-state index is 0.0939. The van der Waals surface area contributed by atoms with Gasteiger partial charge in [0.2, 0.25) is 0 Å². The summed E-state index contributed by atoms with van der Waals surface area (Å²) in [6, 6.07) is 10.8. The molecule has 1 amide bonds. The summed E-state index contributed by atoms with van der Waals surface area (Å²) >= 11 is 3.45. The third-order valence-electron chi connectivity index (χ3n) is 5.36. The summed E-state index contributed by atoms with van der Waals surface area (Å²) in [7, 11) is 1.23. The molecule has 1 atom stereocenters. The summed E-state index contributed by atoms with van der Waals surface area (Å²) in [5, 5.41) is 7.22.